The van der Waals surface area contributed by atoms with Crippen molar-refractivity contribution in [2.45, 2.75) is 24.7 Å². The summed E-state index contributed by atoms with van der Waals surface area (Å²) in [5.74, 6) is 0.344. The number of nitrogens with one attached hydrogen (secondary N) is 1. The van der Waals surface area contributed by atoms with Gasteiger partial charge in [0.15, 0.2) is 0 Å². The van der Waals surface area contributed by atoms with Crippen molar-refractivity contribution in [2.75, 3.05) is 31.5 Å². The first kappa shape index (κ1) is 17.0. The lowest BCUT2D eigenvalue weighted by molar-refractivity contribution is 0.303. The molecular weight excluding hydrogens is 325 g/mol. The van der Waals surface area contributed by atoms with E-state index < -0.39 is 0 Å². The van der Waals surface area contributed by atoms with Gasteiger partial charge in [-0.25, -0.2) is 9.37 Å². The molecule has 0 spiro atoms. The van der Waals surface area contributed by atoms with Crippen LogP contribution < -0.4 is 9.46 Å². The van der Waals surface area contributed by atoms with E-state index in [-0.39, 0.29) is 5.82 Å². The highest BCUT2D eigenvalue weighted by molar-refractivity contribution is 8.00. The van der Waals surface area contributed by atoms with Crippen LogP contribution in [0.1, 0.15) is 18.2 Å². The molecule has 0 atom stereocenters. The van der Waals surface area contributed by atoms with Crippen molar-refractivity contribution in [1.82, 2.24) is 9.88 Å². The number of nitrogens with zero attached hydrogens (tertiary/aromatic N) is 2. The highest BCUT2D eigenvalue weighted by Crippen LogP contribution is 2.31. The van der Waals surface area contributed by atoms with Crippen LogP contribution in [0.2, 0.25) is 0 Å². The third-order valence-electron chi connectivity index (χ3n) is 4.23. The third kappa shape index (κ3) is 3.99. The number of pyridine rings is 1. The second-order valence-corrected chi connectivity index (χ2v) is 6.63. The van der Waals surface area contributed by atoms with Crippen molar-refractivity contribution in [2.24, 2.45) is 0 Å². The number of rotatable bonds is 5. The monoisotopic (exact) mass is 347 g/mol. The fraction of sp³-hybridized carbons (Fsp3) is 0.389. The quantitative estimate of drug-likeness (QED) is 0.834. The molecule has 4 nitrogen and oxygen atoms in total. The minimum absolute atomic E-state index is 0.242. The van der Waals surface area contributed by atoms with E-state index in [4.69, 9.17) is 9.72 Å². The fourth-order valence-electron chi connectivity index (χ4n) is 2.85. The average molecular weight is 347 g/mol. The van der Waals surface area contributed by atoms with Gasteiger partial charge in [0.1, 0.15) is 11.5 Å². The number of likely N-dealkylation sites (N-methyl/N-ethyl adjacent to an activating group) is 1. The fourth-order valence-corrected chi connectivity index (χ4v) is 3.54. The van der Waals surface area contributed by atoms with Crippen LogP contribution in [0.15, 0.2) is 35.2 Å². The van der Waals surface area contributed by atoms with Gasteiger partial charge in [0, 0.05) is 30.1 Å². The van der Waals surface area contributed by atoms with Gasteiger partial charge in [-0.2, -0.15) is 0 Å². The predicted octanol–water partition coefficient (Wildman–Crippen LogP) is 3.77. The Morgan fingerprint density at radius 3 is 2.88 bits per heavy atom. The second kappa shape index (κ2) is 7.85. The van der Waals surface area contributed by atoms with Gasteiger partial charge < -0.3 is 14.4 Å². The summed E-state index contributed by atoms with van der Waals surface area (Å²) in [5.41, 5.74) is 3.20. The Kier molecular flexibility index (Phi) is 5.58. The van der Waals surface area contributed by atoms with Gasteiger partial charge in [-0.05, 0) is 54.7 Å². The summed E-state index contributed by atoms with van der Waals surface area (Å²) in [6.45, 7) is 5.33. The highest BCUT2D eigenvalue weighted by atomic mass is 32.2. The summed E-state index contributed by atoms with van der Waals surface area (Å²) >= 11 is 1.36. The normalized spacial score (nSPS) is 14.8. The van der Waals surface area contributed by atoms with E-state index in [1.165, 1.54) is 29.6 Å². The van der Waals surface area contributed by atoms with Gasteiger partial charge in [0.25, 0.3) is 0 Å². The first-order valence-electron chi connectivity index (χ1n) is 8.17. The molecule has 2 aromatic rings. The van der Waals surface area contributed by atoms with Crippen LogP contribution in [-0.2, 0) is 12.8 Å². The van der Waals surface area contributed by atoms with E-state index in [0.29, 0.717) is 5.88 Å². The van der Waals surface area contributed by atoms with Crippen LogP contribution in [0, 0.1) is 5.82 Å². The van der Waals surface area contributed by atoms with E-state index in [0.717, 1.165) is 48.8 Å². The van der Waals surface area contributed by atoms with Gasteiger partial charge in [-0.1, -0.05) is 13.0 Å². The van der Waals surface area contributed by atoms with E-state index in [2.05, 4.69) is 22.6 Å². The van der Waals surface area contributed by atoms with Crippen molar-refractivity contribution in [3.63, 3.8) is 0 Å². The molecule has 2 heterocycles. The molecule has 1 aromatic carbocycles. The van der Waals surface area contributed by atoms with E-state index in [9.17, 15) is 4.39 Å². The van der Waals surface area contributed by atoms with E-state index >= 15 is 0 Å². The predicted molar refractivity (Wildman–Crippen MR) is 96.2 cm³/mol. The first-order valence-corrected chi connectivity index (χ1v) is 8.98. The Bertz CT molecular complexity index is 711. The zero-order chi connectivity index (χ0) is 16.9. The minimum atomic E-state index is -0.242. The number of halogens is 1. The lowest BCUT2D eigenvalue weighted by atomic mass is 10.1. The number of anilines is 1. The van der Waals surface area contributed by atoms with Gasteiger partial charge in [0.05, 0.1) is 7.11 Å². The van der Waals surface area contributed by atoms with Crippen molar-refractivity contribution >= 4 is 17.6 Å². The summed E-state index contributed by atoms with van der Waals surface area (Å²) in [4.78, 5) is 7.93. The zero-order valence-corrected chi connectivity index (χ0v) is 14.8. The molecule has 1 N–H and O–H groups in total. The molecule has 1 aromatic heterocycles. The minimum Gasteiger partial charge on any atom is -0.479 e. The topological polar surface area (TPSA) is 37.4 Å². The molecule has 6 heteroatoms. The van der Waals surface area contributed by atoms with Crippen molar-refractivity contribution in [3.8, 4) is 5.88 Å². The third-order valence-corrected chi connectivity index (χ3v) is 5.05. The molecule has 0 saturated carbocycles. The lowest BCUT2D eigenvalue weighted by Crippen LogP contribution is -2.25. The SMILES string of the molecule is CCN1CCc2cc(NSc3cccc(F)c3)c(OC)nc2CC1. The van der Waals surface area contributed by atoms with Crippen LogP contribution >= 0.6 is 11.9 Å². The van der Waals surface area contributed by atoms with E-state index in [1.54, 1.807) is 13.2 Å². The molecule has 0 aliphatic carbocycles. The summed E-state index contributed by atoms with van der Waals surface area (Å²) in [7, 11) is 1.63. The highest BCUT2D eigenvalue weighted by Gasteiger charge is 2.17. The molecule has 0 saturated heterocycles. The Morgan fingerprint density at radius 2 is 2.12 bits per heavy atom. The Morgan fingerprint density at radius 1 is 1.29 bits per heavy atom. The van der Waals surface area contributed by atoms with Crippen LogP contribution in [0.5, 0.6) is 5.88 Å². The molecule has 0 radical (unpaired) electrons. The van der Waals surface area contributed by atoms with Crippen molar-refractivity contribution < 1.29 is 9.13 Å². The summed E-state index contributed by atoms with van der Waals surface area (Å²) in [6, 6.07) is 8.62. The Hall–Kier alpha value is -1.79. The molecule has 24 heavy (non-hydrogen) atoms. The Labute approximate surface area is 146 Å². The number of methoxy groups -OCH3 is 1. The standard InChI is InChI=1S/C18H22FN3OS/c1-3-22-9-7-13-11-17(18(23-2)20-16(13)8-10-22)21-24-15-6-4-5-14(19)12-15/h4-6,11-12,21H,3,7-10H2,1-2H3. The molecule has 1 aliphatic heterocycles. The number of hydrogen-bond donors (Lipinski definition) is 1. The maximum absolute atomic E-state index is 13.3. The molecule has 1 aliphatic rings. The van der Waals surface area contributed by atoms with Gasteiger partial charge in [-0.3, -0.25) is 0 Å². The number of aromatic nitrogens is 1. The molecule has 0 bridgehead atoms. The molecule has 0 fully saturated rings. The Balaban J connectivity index is 1.79. The van der Waals surface area contributed by atoms with Crippen LogP contribution in [0.4, 0.5) is 10.1 Å². The summed E-state index contributed by atoms with van der Waals surface area (Å²) < 4.78 is 22.0. The maximum atomic E-state index is 13.3. The zero-order valence-electron chi connectivity index (χ0n) is 14.0. The maximum Gasteiger partial charge on any atom is 0.238 e. The molecule has 0 unspecified atom stereocenters. The van der Waals surface area contributed by atoms with Crippen molar-refractivity contribution in [3.05, 3.63) is 47.4 Å². The molecular formula is C18H22FN3OS. The smallest absolute Gasteiger partial charge is 0.238 e. The number of hydrogen-bond acceptors (Lipinski definition) is 5. The molecule has 0 amide bonds. The van der Waals surface area contributed by atoms with Gasteiger partial charge in [-0.15, -0.1) is 0 Å². The van der Waals surface area contributed by atoms with Crippen molar-refractivity contribution in [1.29, 1.82) is 0 Å². The van der Waals surface area contributed by atoms with E-state index in [1.807, 2.05) is 6.07 Å². The lowest BCUT2D eigenvalue weighted by Gasteiger charge is -2.15. The van der Waals surface area contributed by atoms with Crippen LogP contribution in [0.25, 0.3) is 0 Å². The van der Waals surface area contributed by atoms with Gasteiger partial charge >= 0.3 is 0 Å². The second-order valence-electron chi connectivity index (χ2n) is 5.75. The van der Waals surface area contributed by atoms with Crippen LogP contribution in [-0.4, -0.2) is 36.6 Å². The summed E-state index contributed by atoms with van der Waals surface area (Å²) in [5, 5.41) is 0. The first-order chi connectivity index (χ1) is 11.7. The number of benzene rings is 1. The molecule has 128 valence electrons. The average Bonchev–Trinajstić information content (AvgIpc) is 2.80. The van der Waals surface area contributed by atoms with Crippen LogP contribution in [0.3, 0.4) is 0 Å². The molecule has 3 rings (SSSR count). The number of ether oxygens (including phenoxy) is 1. The van der Waals surface area contributed by atoms with Gasteiger partial charge in [0.2, 0.25) is 5.88 Å². The summed E-state index contributed by atoms with van der Waals surface area (Å²) in [6.07, 6.45) is 1.93. The largest absolute Gasteiger partial charge is 0.479 e. The number of fused-ring (bicyclic) bond motifs is 1.